The highest BCUT2D eigenvalue weighted by Crippen LogP contribution is 2.41. The van der Waals surface area contributed by atoms with Gasteiger partial charge in [-0.05, 0) is 26.3 Å². The largest absolute Gasteiger partial charge is 0.483 e. The van der Waals surface area contributed by atoms with Gasteiger partial charge in [-0.15, -0.1) is 0 Å². The first-order valence-corrected chi connectivity index (χ1v) is 8.70. The molecule has 2 aliphatic heterocycles. The number of hydrogen-bond donors (Lipinski definition) is 1. The fraction of sp³-hybridized carbons (Fsp3) is 0.579. The second kappa shape index (κ2) is 6.79. The number of fused-ring (bicyclic) bond motifs is 1. The van der Waals surface area contributed by atoms with Crippen molar-refractivity contribution < 1.29 is 28.9 Å². The van der Waals surface area contributed by atoms with E-state index in [1.165, 1.54) is 12.0 Å². The van der Waals surface area contributed by atoms with Gasteiger partial charge in [0.05, 0.1) is 6.61 Å². The molecule has 7 nitrogen and oxygen atoms in total. The van der Waals surface area contributed by atoms with E-state index in [0.717, 1.165) is 12.0 Å². The Morgan fingerprint density at radius 1 is 1.35 bits per heavy atom. The number of likely N-dealkylation sites (tertiary alicyclic amines) is 1. The van der Waals surface area contributed by atoms with E-state index in [1.807, 2.05) is 26.0 Å². The van der Waals surface area contributed by atoms with Crippen LogP contribution in [0.3, 0.4) is 0 Å². The van der Waals surface area contributed by atoms with E-state index in [4.69, 9.17) is 14.2 Å². The molecule has 2 aliphatic rings. The second-order valence-electron chi connectivity index (χ2n) is 7.66. The number of carbonyl (C=O) groups is 2. The minimum absolute atomic E-state index is 0.0854. The van der Waals surface area contributed by atoms with Crippen molar-refractivity contribution in [3.05, 3.63) is 23.8 Å². The van der Waals surface area contributed by atoms with Crippen molar-refractivity contribution in [2.45, 2.75) is 32.3 Å². The molecule has 142 valence electrons. The van der Waals surface area contributed by atoms with Crippen LogP contribution in [0.25, 0.3) is 0 Å². The molecule has 1 N–H and O–H groups in total. The Morgan fingerprint density at radius 3 is 2.81 bits per heavy atom. The summed E-state index contributed by atoms with van der Waals surface area (Å²) in [6.45, 7) is 4.47. The lowest BCUT2D eigenvalue weighted by atomic mass is 9.88. The number of carbonyl (C=O) groups excluding carboxylic acids is 1. The van der Waals surface area contributed by atoms with Crippen LogP contribution in [0.4, 0.5) is 0 Å². The number of carboxylic acid groups (broad SMARTS) is 1. The number of carboxylic acids is 1. The third kappa shape index (κ3) is 3.49. The van der Waals surface area contributed by atoms with Crippen molar-refractivity contribution in [2.75, 3.05) is 33.4 Å². The van der Waals surface area contributed by atoms with Crippen molar-refractivity contribution in [3.63, 3.8) is 0 Å². The summed E-state index contributed by atoms with van der Waals surface area (Å²) >= 11 is 0. The molecule has 0 spiro atoms. The molecule has 1 fully saturated rings. The van der Waals surface area contributed by atoms with Gasteiger partial charge in [-0.2, -0.15) is 0 Å². The van der Waals surface area contributed by atoms with Crippen LogP contribution in [0, 0.1) is 5.41 Å². The number of methoxy groups -OCH3 is 1. The first kappa shape index (κ1) is 18.5. The van der Waals surface area contributed by atoms with E-state index in [1.54, 1.807) is 6.07 Å². The molecule has 1 amide bonds. The van der Waals surface area contributed by atoms with E-state index >= 15 is 0 Å². The van der Waals surface area contributed by atoms with Crippen molar-refractivity contribution in [2.24, 2.45) is 5.41 Å². The molecule has 2 heterocycles. The predicted octanol–water partition coefficient (Wildman–Crippen LogP) is 1.73. The maximum Gasteiger partial charge on any atom is 0.313 e. The zero-order valence-electron chi connectivity index (χ0n) is 15.4. The summed E-state index contributed by atoms with van der Waals surface area (Å²) in [5.41, 5.74) is -0.265. The van der Waals surface area contributed by atoms with Crippen LogP contribution >= 0.6 is 0 Å². The Hall–Kier alpha value is -2.28. The van der Waals surface area contributed by atoms with Gasteiger partial charge in [-0.3, -0.25) is 9.59 Å². The third-order valence-corrected chi connectivity index (χ3v) is 4.99. The quantitative estimate of drug-likeness (QED) is 0.828. The molecule has 1 saturated heterocycles. The van der Waals surface area contributed by atoms with Crippen LogP contribution in [0.1, 0.15) is 25.8 Å². The Balaban J connectivity index is 1.63. The predicted molar refractivity (Wildman–Crippen MR) is 93.5 cm³/mol. The number of aliphatic carboxylic acids is 1. The molecule has 0 aliphatic carbocycles. The van der Waals surface area contributed by atoms with Crippen molar-refractivity contribution >= 4 is 11.9 Å². The number of hydrogen-bond acceptors (Lipinski definition) is 5. The fourth-order valence-electron chi connectivity index (χ4n) is 3.65. The number of rotatable bonds is 6. The SMILES string of the molecule is COCC1(C(=O)O)CCN(C(=O)COc2cccc3c2OC(C)(C)C3)C1. The van der Waals surface area contributed by atoms with E-state index in [9.17, 15) is 14.7 Å². The minimum Gasteiger partial charge on any atom is -0.483 e. The Bertz CT molecular complexity index is 716. The van der Waals surface area contributed by atoms with E-state index < -0.39 is 11.4 Å². The molecular weight excluding hydrogens is 338 g/mol. The summed E-state index contributed by atoms with van der Waals surface area (Å²) in [5, 5.41) is 9.49. The zero-order valence-corrected chi connectivity index (χ0v) is 15.4. The van der Waals surface area contributed by atoms with Crippen LogP contribution in [0.5, 0.6) is 11.5 Å². The molecule has 1 aromatic carbocycles. The van der Waals surface area contributed by atoms with Gasteiger partial charge in [-0.25, -0.2) is 0 Å². The average Bonchev–Trinajstić information content (AvgIpc) is 3.13. The first-order chi connectivity index (χ1) is 12.3. The number of ether oxygens (including phenoxy) is 3. The van der Waals surface area contributed by atoms with Gasteiger partial charge in [0.25, 0.3) is 5.91 Å². The Labute approximate surface area is 152 Å². The van der Waals surface area contributed by atoms with Gasteiger partial charge in [0, 0.05) is 32.2 Å². The van der Waals surface area contributed by atoms with Crippen molar-refractivity contribution in [1.82, 2.24) is 4.90 Å². The van der Waals surface area contributed by atoms with Gasteiger partial charge >= 0.3 is 5.97 Å². The fourth-order valence-corrected chi connectivity index (χ4v) is 3.65. The first-order valence-electron chi connectivity index (χ1n) is 8.70. The van der Waals surface area contributed by atoms with Crippen LogP contribution in [0.2, 0.25) is 0 Å². The highest BCUT2D eigenvalue weighted by Gasteiger charge is 2.46. The number of amides is 1. The van der Waals surface area contributed by atoms with Crippen molar-refractivity contribution in [3.8, 4) is 11.5 Å². The van der Waals surface area contributed by atoms with Gasteiger partial charge in [0.2, 0.25) is 0 Å². The van der Waals surface area contributed by atoms with Gasteiger partial charge < -0.3 is 24.2 Å². The standard InChI is InChI=1S/C19H25NO6/c1-18(2)9-13-5-4-6-14(16(13)26-18)25-10-15(21)20-8-7-19(11-20,12-24-3)17(22)23/h4-6H,7-12H2,1-3H3,(H,22,23). The lowest BCUT2D eigenvalue weighted by Crippen LogP contribution is -2.41. The van der Waals surface area contributed by atoms with Gasteiger partial charge in [0.15, 0.2) is 18.1 Å². The Kier molecular flexibility index (Phi) is 4.84. The summed E-state index contributed by atoms with van der Waals surface area (Å²) in [4.78, 5) is 25.6. The molecule has 1 aromatic rings. The monoisotopic (exact) mass is 363 g/mol. The number of nitrogens with zero attached hydrogens (tertiary/aromatic N) is 1. The molecule has 0 bridgehead atoms. The smallest absolute Gasteiger partial charge is 0.313 e. The lowest BCUT2D eigenvalue weighted by molar-refractivity contribution is -0.151. The van der Waals surface area contributed by atoms with E-state index in [0.29, 0.717) is 24.5 Å². The summed E-state index contributed by atoms with van der Waals surface area (Å²) in [6, 6.07) is 5.66. The van der Waals surface area contributed by atoms with Crippen LogP contribution in [-0.4, -0.2) is 60.9 Å². The third-order valence-electron chi connectivity index (χ3n) is 4.99. The van der Waals surface area contributed by atoms with Crippen LogP contribution < -0.4 is 9.47 Å². The summed E-state index contributed by atoms with van der Waals surface area (Å²) in [7, 11) is 1.47. The minimum atomic E-state index is -1.04. The Morgan fingerprint density at radius 2 is 2.12 bits per heavy atom. The van der Waals surface area contributed by atoms with E-state index in [-0.39, 0.29) is 31.3 Å². The molecule has 0 radical (unpaired) electrons. The maximum absolute atomic E-state index is 12.5. The number of para-hydroxylation sites is 1. The highest BCUT2D eigenvalue weighted by molar-refractivity contribution is 5.81. The maximum atomic E-state index is 12.5. The van der Waals surface area contributed by atoms with Crippen molar-refractivity contribution in [1.29, 1.82) is 0 Å². The average molecular weight is 363 g/mol. The second-order valence-corrected chi connectivity index (χ2v) is 7.66. The summed E-state index contributed by atoms with van der Waals surface area (Å²) in [6.07, 6.45) is 1.16. The molecule has 0 aromatic heterocycles. The normalized spacial score (nSPS) is 23.4. The number of benzene rings is 1. The molecule has 7 heteroatoms. The summed E-state index contributed by atoms with van der Waals surface area (Å²) < 4.78 is 16.7. The molecule has 0 saturated carbocycles. The molecule has 3 rings (SSSR count). The topological polar surface area (TPSA) is 85.3 Å². The van der Waals surface area contributed by atoms with Gasteiger partial charge in [-0.1, -0.05) is 12.1 Å². The molecule has 26 heavy (non-hydrogen) atoms. The highest BCUT2D eigenvalue weighted by atomic mass is 16.5. The lowest BCUT2D eigenvalue weighted by Gasteiger charge is -2.24. The van der Waals surface area contributed by atoms with E-state index in [2.05, 4.69) is 0 Å². The molecule has 1 atom stereocenters. The molecule has 1 unspecified atom stereocenters. The molecular formula is C19H25NO6. The van der Waals surface area contributed by atoms with Crippen LogP contribution in [-0.2, 0) is 20.7 Å². The zero-order chi connectivity index (χ0) is 18.9. The van der Waals surface area contributed by atoms with Crippen LogP contribution in [0.15, 0.2) is 18.2 Å². The summed E-state index contributed by atoms with van der Waals surface area (Å²) in [5.74, 6) is 0.0548. The van der Waals surface area contributed by atoms with Gasteiger partial charge in [0.1, 0.15) is 11.0 Å².